The number of esters is 4. The van der Waals surface area contributed by atoms with Crippen LogP contribution in [-0.2, 0) is 65.4 Å². The number of carbonyl (C=O) groups is 4. The molecule has 0 aromatic heterocycles. The number of ether oxygens (including phenoxy) is 4. The van der Waals surface area contributed by atoms with Gasteiger partial charge in [-0.05, 0) is 25.7 Å². The highest BCUT2D eigenvalue weighted by molar-refractivity contribution is 7.47. The van der Waals surface area contributed by atoms with E-state index in [1.807, 2.05) is 0 Å². The van der Waals surface area contributed by atoms with E-state index < -0.39 is 97.5 Å². The number of rotatable bonds is 62. The molecule has 3 N–H and O–H groups in total. The maximum atomic E-state index is 12.9. The highest BCUT2D eigenvalue weighted by atomic mass is 31.2. The van der Waals surface area contributed by atoms with Gasteiger partial charge in [0.25, 0.3) is 0 Å². The molecular weight excluding hydrogens is 1070 g/mol. The second kappa shape index (κ2) is 56.2. The van der Waals surface area contributed by atoms with Gasteiger partial charge in [0.05, 0.1) is 26.4 Å². The summed E-state index contributed by atoms with van der Waals surface area (Å²) in [7, 11) is -9.86. The predicted octanol–water partition coefficient (Wildman–Crippen LogP) is 16.8. The molecule has 80 heavy (non-hydrogen) atoms. The molecule has 0 aliphatic carbocycles. The number of hydrogen-bond acceptors (Lipinski definition) is 15. The van der Waals surface area contributed by atoms with Crippen LogP contribution in [0, 0.1) is 0 Å². The summed E-state index contributed by atoms with van der Waals surface area (Å²) >= 11 is 0. The van der Waals surface area contributed by atoms with Crippen LogP contribution in [0.2, 0.25) is 0 Å². The lowest BCUT2D eigenvalue weighted by Crippen LogP contribution is -2.30. The van der Waals surface area contributed by atoms with Crippen molar-refractivity contribution in [2.45, 2.75) is 329 Å². The van der Waals surface area contributed by atoms with Gasteiger partial charge in [-0.1, -0.05) is 259 Å². The first-order chi connectivity index (χ1) is 38.7. The first-order valence-corrected chi connectivity index (χ1v) is 35.3. The van der Waals surface area contributed by atoms with Crippen molar-refractivity contribution in [3.63, 3.8) is 0 Å². The van der Waals surface area contributed by atoms with E-state index in [1.165, 1.54) is 135 Å². The first kappa shape index (κ1) is 78.1. The lowest BCUT2D eigenvalue weighted by Gasteiger charge is -2.21. The van der Waals surface area contributed by atoms with Crippen molar-refractivity contribution in [3.05, 3.63) is 0 Å². The number of phosphoric acid groups is 2. The fourth-order valence-electron chi connectivity index (χ4n) is 9.10. The molecule has 0 heterocycles. The van der Waals surface area contributed by atoms with Crippen LogP contribution in [0.25, 0.3) is 0 Å². The maximum Gasteiger partial charge on any atom is 0.472 e. The molecule has 0 aromatic carbocycles. The van der Waals surface area contributed by atoms with Crippen LogP contribution < -0.4 is 0 Å². The second-order valence-corrected chi connectivity index (χ2v) is 25.0. The van der Waals surface area contributed by atoms with Crippen molar-refractivity contribution in [3.8, 4) is 0 Å². The third kappa shape index (κ3) is 55.3. The van der Waals surface area contributed by atoms with E-state index in [9.17, 15) is 43.2 Å². The molecule has 0 spiro atoms. The third-order valence-corrected chi connectivity index (χ3v) is 16.0. The van der Waals surface area contributed by atoms with Crippen molar-refractivity contribution in [1.82, 2.24) is 0 Å². The monoisotopic (exact) mass is 1180 g/mol. The molecule has 0 aliphatic heterocycles. The number of phosphoric ester groups is 2. The van der Waals surface area contributed by atoms with Gasteiger partial charge in [-0.25, -0.2) is 9.13 Å². The van der Waals surface area contributed by atoms with Gasteiger partial charge < -0.3 is 33.8 Å². The summed E-state index contributed by atoms with van der Waals surface area (Å²) < 4.78 is 67.5. The van der Waals surface area contributed by atoms with Crippen LogP contribution in [0.5, 0.6) is 0 Å². The summed E-state index contributed by atoms with van der Waals surface area (Å²) in [6.45, 7) is 4.70. The summed E-state index contributed by atoms with van der Waals surface area (Å²) in [6.07, 6.45) is 41.1. The number of carbonyl (C=O) groups excluding carboxylic acids is 4. The average molecular weight is 1190 g/mol. The van der Waals surface area contributed by atoms with Crippen LogP contribution in [0.4, 0.5) is 0 Å². The molecule has 5 atom stereocenters. The molecule has 0 aromatic rings. The Balaban J connectivity index is 5.10. The molecule has 0 bridgehead atoms. The number of hydrogen-bond donors (Lipinski definition) is 3. The molecule has 0 aliphatic rings. The second-order valence-electron chi connectivity index (χ2n) is 22.1. The average Bonchev–Trinajstić information content (AvgIpc) is 3.43. The van der Waals surface area contributed by atoms with Gasteiger partial charge >= 0.3 is 39.5 Å². The molecule has 0 rings (SSSR count). The number of aliphatic hydroxyl groups is 1. The molecule has 0 saturated carbocycles. The molecule has 2 unspecified atom stereocenters. The zero-order chi connectivity index (χ0) is 59.1. The van der Waals surface area contributed by atoms with Gasteiger partial charge in [0, 0.05) is 25.7 Å². The van der Waals surface area contributed by atoms with Crippen LogP contribution in [-0.4, -0.2) is 96.7 Å². The molecular formula is C61H118O17P2. The Labute approximate surface area is 486 Å². The van der Waals surface area contributed by atoms with E-state index in [2.05, 4.69) is 27.7 Å². The topological polar surface area (TPSA) is 237 Å². The summed E-state index contributed by atoms with van der Waals surface area (Å²) in [6, 6.07) is 0. The quantitative estimate of drug-likeness (QED) is 0.0222. The zero-order valence-electron chi connectivity index (χ0n) is 51.0. The van der Waals surface area contributed by atoms with Crippen molar-refractivity contribution in [2.24, 2.45) is 0 Å². The minimum atomic E-state index is -4.94. The molecule has 17 nitrogen and oxygen atoms in total. The smallest absolute Gasteiger partial charge is 0.462 e. The Kier molecular flexibility index (Phi) is 54.8. The summed E-state index contributed by atoms with van der Waals surface area (Å²) in [5, 5.41) is 10.5. The lowest BCUT2D eigenvalue weighted by molar-refractivity contribution is -0.161. The van der Waals surface area contributed by atoms with E-state index in [4.69, 9.17) is 37.0 Å². The van der Waals surface area contributed by atoms with Gasteiger partial charge in [0.1, 0.15) is 19.3 Å². The van der Waals surface area contributed by atoms with Gasteiger partial charge in [-0.2, -0.15) is 0 Å². The highest BCUT2D eigenvalue weighted by Gasteiger charge is 2.30. The van der Waals surface area contributed by atoms with E-state index in [0.717, 1.165) is 96.3 Å². The van der Waals surface area contributed by atoms with Crippen molar-refractivity contribution >= 4 is 39.5 Å². The highest BCUT2D eigenvalue weighted by Crippen LogP contribution is 2.45. The largest absolute Gasteiger partial charge is 0.472 e. The van der Waals surface area contributed by atoms with Crippen LogP contribution in [0.1, 0.15) is 310 Å². The maximum absolute atomic E-state index is 12.9. The summed E-state index contributed by atoms with van der Waals surface area (Å²) in [5.74, 6) is -2.16. The zero-order valence-corrected chi connectivity index (χ0v) is 52.8. The van der Waals surface area contributed by atoms with E-state index in [1.54, 1.807) is 0 Å². The van der Waals surface area contributed by atoms with Crippen molar-refractivity contribution < 1.29 is 80.2 Å². The molecule has 19 heteroatoms. The molecule has 474 valence electrons. The van der Waals surface area contributed by atoms with E-state index in [0.29, 0.717) is 25.7 Å². The van der Waals surface area contributed by atoms with Gasteiger partial charge in [-0.3, -0.25) is 37.3 Å². The molecule has 0 saturated heterocycles. The van der Waals surface area contributed by atoms with Crippen molar-refractivity contribution in [2.75, 3.05) is 39.6 Å². The Morgan fingerprint density at radius 1 is 0.300 bits per heavy atom. The Hall–Kier alpha value is -1.94. The number of aliphatic hydroxyl groups excluding tert-OH is 1. The summed E-state index contributed by atoms with van der Waals surface area (Å²) in [5.41, 5.74) is 0. The standard InChI is InChI=1S/C61H118O17P2/c1-5-9-13-17-19-21-23-25-27-29-31-33-35-39-42-46-59(64)72-52-57(78-61(66)48-44-40-36-34-32-30-28-26-24-22-20-18-14-10-6-2)54-76-80(69,70)74-50-55(62)49-73-79(67,68)75-53-56(77-60(65)47-43-38-16-12-8-4)51-71-58(63)45-41-37-15-11-7-3/h55-57,62H,5-54H2,1-4H3,(H,67,68)(H,69,70)/t55-,56+,57+/m0/s1. The SMILES string of the molecule is CCCCCCCCCCCCCCCCCC(=O)OC[C@H](COP(=O)(O)OC[C@@H](O)COP(=O)(O)OC[C@@H](COC(=O)CCCCCCC)OC(=O)CCCCCCC)OC(=O)CCCCCCCCCCCCCCCCC. The van der Waals surface area contributed by atoms with Gasteiger partial charge in [0.15, 0.2) is 12.2 Å². The van der Waals surface area contributed by atoms with Gasteiger partial charge in [-0.15, -0.1) is 0 Å². The summed E-state index contributed by atoms with van der Waals surface area (Å²) in [4.78, 5) is 71.6. The molecule has 0 amide bonds. The van der Waals surface area contributed by atoms with Crippen molar-refractivity contribution in [1.29, 1.82) is 0 Å². The van der Waals surface area contributed by atoms with E-state index in [-0.39, 0.29) is 25.7 Å². The predicted molar refractivity (Wildman–Crippen MR) is 317 cm³/mol. The van der Waals surface area contributed by atoms with Gasteiger partial charge in [0.2, 0.25) is 0 Å². The minimum absolute atomic E-state index is 0.0992. The Bertz CT molecular complexity index is 1550. The first-order valence-electron chi connectivity index (χ1n) is 32.3. The fraction of sp³-hybridized carbons (Fsp3) is 0.934. The minimum Gasteiger partial charge on any atom is -0.462 e. The van der Waals surface area contributed by atoms with Crippen LogP contribution >= 0.6 is 15.6 Å². The Morgan fingerprint density at radius 3 is 0.738 bits per heavy atom. The lowest BCUT2D eigenvalue weighted by atomic mass is 10.0. The normalized spacial score (nSPS) is 14.2. The third-order valence-electron chi connectivity index (χ3n) is 14.1. The Morgan fingerprint density at radius 2 is 0.500 bits per heavy atom. The van der Waals surface area contributed by atoms with Crippen LogP contribution in [0.3, 0.4) is 0 Å². The molecule has 0 fully saturated rings. The van der Waals surface area contributed by atoms with E-state index >= 15 is 0 Å². The number of unbranched alkanes of at least 4 members (excludes halogenated alkanes) is 36. The van der Waals surface area contributed by atoms with Crippen LogP contribution in [0.15, 0.2) is 0 Å². The molecule has 0 radical (unpaired) electrons. The fourth-order valence-corrected chi connectivity index (χ4v) is 10.7.